The van der Waals surface area contributed by atoms with E-state index in [4.69, 9.17) is 25.8 Å². The molecular formula is C22H30ClNO3. The Kier molecular flexibility index (Phi) is 8.92. The lowest BCUT2D eigenvalue weighted by atomic mass is 10.1. The molecule has 2 aromatic rings. The zero-order chi connectivity index (χ0) is 19.6. The fourth-order valence-electron chi connectivity index (χ4n) is 2.57. The van der Waals surface area contributed by atoms with E-state index in [0.29, 0.717) is 29.7 Å². The van der Waals surface area contributed by atoms with E-state index in [1.165, 1.54) is 5.56 Å². The second kappa shape index (κ2) is 11.2. The highest BCUT2D eigenvalue weighted by atomic mass is 35.5. The van der Waals surface area contributed by atoms with Crippen LogP contribution in [-0.4, -0.2) is 26.4 Å². The molecule has 0 unspecified atom stereocenters. The van der Waals surface area contributed by atoms with Crippen molar-refractivity contribution in [3.63, 3.8) is 0 Å². The van der Waals surface area contributed by atoms with Gasteiger partial charge in [-0.25, -0.2) is 0 Å². The quantitative estimate of drug-likeness (QED) is 0.538. The number of nitrogens with one attached hydrogen (secondary N) is 1. The third kappa shape index (κ3) is 7.41. The van der Waals surface area contributed by atoms with Gasteiger partial charge in [0.05, 0.1) is 13.2 Å². The van der Waals surface area contributed by atoms with E-state index < -0.39 is 0 Å². The molecule has 0 fully saturated rings. The van der Waals surface area contributed by atoms with Crippen molar-refractivity contribution in [3.8, 4) is 11.5 Å². The Bertz CT molecular complexity index is 701. The second-order valence-electron chi connectivity index (χ2n) is 6.82. The van der Waals surface area contributed by atoms with Gasteiger partial charge in [0.15, 0.2) is 11.5 Å². The Labute approximate surface area is 167 Å². The van der Waals surface area contributed by atoms with Gasteiger partial charge in [0, 0.05) is 24.2 Å². The first-order valence-electron chi connectivity index (χ1n) is 9.36. The summed E-state index contributed by atoms with van der Waals surface area (Å²) >= 11 is 6.44. The van der Waals surface area contributed by atoms with E-state index in [9.17, 15) is 0 Å². The molecule has 0 heterocycles. The van der Waals surface area contributed by atoms with Gasteiger partial charge >= 0.3 is 0 Å². The van der Waals surface area contributed by atoms with Crippen LogP contribution in [0, 0.1) is 6.92 Å². The maximum absolute atomic E-state index is 6.44. The summed E-state index contributed by atoms with van der Waals surface area (Å²) in [7, 11) is 1.64. The van der Waals surface area contributed by atoms with Crippen LogP contribution in [0.15, 0.2) is 36.4 Å². The molecule has 2 rings (SSSR count). The fraction of sp³-hybridized carbons (Fsp3) is 0.455. The van der Waals surface area contributed by atoms with Gasteiger partial charge < -0.3 is 19.5 Å². The van der Waals surface area contributed by atoms with Gasteiger partial charge in [-0.2, -0.15) is 0 Å². The van der Waals surface area contributed by atoms with E-state index in [2.05, 4.69) is 36.5 Å². The van der Waals surface area contributed by atoms with Gasteiger partial charge in [-0.05, 0) is 50.9 Å². The first kappa shape index (κ1) is 21.5. The van der Waals surface area contributed by atoms with Crippen LogP contribution in [0.3, 0.4) is 0 Å². The summed E-state index contributed by atoms with van der Waals surface area (Å²) in [5.41, 5.74) is 3.32. The molecule has 0 spiro atoms. The van der Waals surface area contributed by atoms with Crippen LogP contribution in [0.1, 0.15) is 37.0 Å². The fourth-order valence-corrected chi connectivity index (χ4v) is 2.79. The molecule has 0 atom stereocenters. The number of rotatable bonds is 11. The molecule has 0 radical (unpaired) electrons. The molecule has 0 saturated carbocycles. The highest BCUT2D eigenvalue weighted by Gasteiger charge is 2.11. The molecular weight excluding hydrogens is 362 g/mol. The molecule has 1 N–H and O–H groups in total. The number of hydrogen-bond donors (Lipinski definition) is 1. The highest BCUT2D eigenvalue weighted by molar-refractivity contribution is 6.31. The summed E-state index contributed by atoms with van der Waals surface area (Å²) in [6.07, 6.45) is 1.24. The number of benzene rings is 2. The van der Waals surface area contributed by atoms with Crippen LogP contribution < -0.4 is 14.8 Å². The average Bonchev–Trinajstić information content (AvgIpc) is 2.65. The Hall–Kier alpha value is -1.75. The van der Waals surface area contributed by atoms with E-state index >= 15 is 0 Å². The zero-order valence-corrected chi connectivity index (χ0v) is 17.4. The predicted octanol–water partition coefficient (Wildman–Crippen LogP) is 5.14. The van der Waals surface area contributed by atoms with Crippen molar-refractivity contribution in [1.82, 2.24) is 5.32 Å². The molecule has 148 valence electrons. The van der Waals surface area contributed by atoms with Gasteiger partial charge in [-0.3, -0.25) is 0 Å². The van der Waals surface area contributed by atoms with Crippen LogP contribution in [-0.2, 0) is 17.9 Å². The SMILES string of the molecule is COc1cc(CNCCCOC(C)C)c(Cl)cc1OCc1ccc(C)cc1. The van der Waals surface area contributed by atoms with Crippen molar-refractivity contribution in [2.45, 2.75) is 46.4 Å². The Morgan fingerprint density at radius 3 is 2.48 bits per heavy atom. The molecule has 27 heavy (non-hydrogen) atoms. The van der Waals surface area contributed by atoms with E-state index in [1.54, 1.807) is 7.11 Å². The Morgan fingerprint density at radius 1 is 1.07 bits per heavy atom. The maximum atomic E-state index is 6.44. The summed E-state index contributed by atoms with van der Waals surface area (Å²) in [4.78, 5) is 0. The summed E-state index contributed by atoms with van der Waals surface area (Å²) in [6, 6.07) is 12.0. The van der Waals surface area contributed by atoms with Crippen LogP contribution >= 0.6 is 11.6 Å². The number of aryl methyl sites for hydroxylation is 1. The molecule has 0 aliphatic rings. The average molecular weight is 392 g/mol. The largest absolute Gasteiger partial charge is 0.493 e. The zero-order valence-electron chi connectivity index (χ0n) is 16.7. The topological polar surface area (TPSA) is 39.7 Å². The summed E-state index contributed by atoms with van der Waals surface area (Å²) in [5, 5.41) is 4.06. The minimum atomic E-state index is 0.274. The van der Waals surface area contributed by atoms with Crippen molar-refractivity contribution >= 4 is 11.6 Å². The summed E-state index contributed by atoms with van der Waals surface area (Å²) in [5.74, 6) is 1.34. The van der Waals surface area contributed by atoms with Crippen molar-refractivity contribution < 1.29 is 14.2 Å². The second-order valence-corrected chi connectivity index (χ2v) is 7.23. The Morgan fingerprint density at radius 2 is 1.81 bits per heavy atom. The molecule has 0 bridgehead atoms. The maximum Gasteiger partial charge on any atom is 0.163 e. The van der Waals surface area contributed by atoms with Crippen molar-refractivity contribution in [3.05, 3.63) is 58.1 Å². The molecule has 0 saturated heterocycles. The predicted molar refractivity (Wildman–Crippen MR) is 111 cm³/mol. The summed E-state index contributed by atoms with van der Waals surface area (Å²) < 4.78 is 16.9. The normalized spacial score (nSPS) is 11.0. The van der Waals surface area contributed by atoms with Crippen LogP contribution in [0.5, 0.6) is 11.5 Å². The minimum absolute atomic E-state index is 0.274. The van der Waals surface area contributed by atoms with Gasteiger partial charge in [0.1, 0.15) is 6.61 Å². The van der Waals surface area contributed by atoms with Crippen molar-refractivity contribution in [2.75, 3.05) is 20.3 Å². The number of ether oxygens (including phenoxy) is 3. The van der Waals surface area contributed by atoms with Gasteiger partial charge in [0.25, 0.3) is 0 Å². The number of hydrogen-bond acceptors (Lipinski definition) is 4. The van der Waals surface area contributed by atoms with E-state index in [0.717, 1.165) is 30.7 Å². The standard InChI is InChI=1S/C22H30ClNO3/c1-16(2)26-11-5-10-24-14-19-12-21(25-4)22(13-20(19)23)27-15-18-8-6-17(3)7-9-18/h6-9,12-13,16,24H,5,10-11,14-15H2,1-4H3. The molecule has 5 heteroatoms. The smallest absolute Gasteiger partial charge is 0.163 e. The number of halogens is 1. The molecule has 0 aromatic heterocycles. The monoisotopic (exact) mass is 391 g/mol. The van der Waals surface area contributed by atoms with Gasteiger partial charge in [0.2, 0.25) is 0 Å². The van der Waals surface area contributed by atoms with Crippen molar-refractivity contribution in [2.24, 2.45) is 0 Å². The van der Waals surface area contributed by atoms with Gasteiger partial charge in [-0.1, -0.05) is 41.4 Å². The lowest BCUT2D eigenvalue weighted by Gasteiger charge is -2.14. The minimum Gasteiger partial charge on any atom is -0.493 e. The molecule has 4 nitrogen and oxygen atoms in total. The highest BCUT2D eigenvalue weighted by Crippen LogP contribution is 2.34. The van der Waals surface area contributed by atoms with E-state index in [-0.39, 0.29) is 6.10 Å². The van der Waals surface area contributed by atoms with Gasteiger partial charge in [-0.15, -0.1) is 0 Å². The number of methoxy groups -OCH3 is 1. The first-order valence-corrected chi connectivity index (χ1v) is 9.74. The third-order valence-electron chi connectivity index (χ3n) is 4.11. The third-order valence-corrected chi connectivity index (χ3v) is 4.46. The van der Waals surface area contributed by atoms with Crippen LogP contribution in [0.25, 0.3) is 0 Å². The summed E-state index contributed by atoms with van der Waals surface area (Å²) in [6.45, 7) is 8.93. The van der Waals surface area contributed by atoms with Crippen LogP contribution in [0.4, 0.5) is 0 Å². The van der Waals surface area contributed by atoms with Crippen LogP contribution in [0.2, 0.25) is 5.02 Å². The lowest BCUT2D eigenvalue weighted by molar-refractivity contribution is 0.0770. The molecule has 0 amide bonds. The molecule has 2 aromatic carbocycles. The Balaban J connectivity index is 1.90. The van der Waals surface area contributed by atoms with E-state index in [1.807, 2.05) is 26.0 Å². The lowest BCUT2D eigenvalue weighted by Crippen LogP contribution is -2.17. The first-order chi connectivity index (χ1) is 13.0. The van der Waals surface area contributed by atoms with Crippen molar-refractivity contribution in [1.29, 1.82) is 0 Å². The molecule has 0 aliphatic heterocycles. The molecule has 0 aliphatic carbocycles.